The molecule has 3 aromatic rings. The monoisotopic (exact) mass is 339 g/mol. The molecule has 0 spiro atoms. The lowest BCUT2D eigenvalue weighted by Crippen LogP contribution is -2.13. The quantitative estimate of drug-likeness (QED) is 0.675. The molecule has 0 unspecified atom stereocenters. The highest BCUT2D eigenvalue weighted by Crippen LogP contribution is 2.15. The number of nitrogens with zero attached hydrogens (tertiary/aromatic N) is 2. The number of hydrogen-bond acceptors (Lipinski definition) is 6. The van der Waals surface area contributed by atoms with Crippen molar-refractivity contribution in [1.29, 1.82) is 0 Å². The Kier molecular flexibility index (Phi) is 5.26. The van der Waals surface area contributed by atoms with E-state index in [2.05, 4.69) is 10.1 Å². The number of ether oxygens (including phenoxy) is 2. The zero-order valence-corrected chi connectivity index (χ0v) is 13.4. The lowest BCUT2D eigenvalue weighted by molar-refractivity contribution is -0.117. The average Bonchev–Trinajstić information content (AvgIpc) is 3.08. The van der Waals surface area contributed by atoms with Gasteiger partial charge in [0.25, 0.3) is 5.89 Å². The van der Waals surface area contributed by atoms with Crippen LogP contribution in [0.3, 0.4) is 0 Å². The number of aromatic nitrogens is 2. The molecule has 0 saturated carbocycles. The van der Waals surface area contributed by atoms with Gasteiger partial charge in [-0.3, -0.25) is 4.79 Å². The molecule has 2 aromatic carbocycles. The zero-order chi connectivity index (χ0) is 17.5. The van der Waals surface area contributed by atoms with E-state index in [1.165, 1.54) is 0 Å². The molecule has 0 aliphatic carbocycles. The van der Waals surface area contributed by atoms with Gasteiger partial charge in [-0.05, 0) is 29.8 Å². The van der Waals surface area contributed by atoms with Gasteiger partial charge in [-0.25, -0.2) is 0 Å². The largest absolute Gasteiger partial charge is 0.485 e. The first kappa shape index (κ1) is 16.5. The van der Waals surface area contributed by atoms with Gasteiger partial charge in [-0.1, -0.05) is 35.5 Å². The number of amides is 1. The summed E-state index contributed by atoms with van der Waals surface area (Å²) in [6, 6.07) is 16.5. The predicted molar refractivity (Wildman–Crippen MR) is 88.7 cm³/mol. The van der Waals surface area contributed by atoms with Gasteiger partial charge < -0.3 is 19.7 Å². The summed E-state index contributed by atoms with van der Waals surface area (Å²) in [5, 5.41) is 3.85. The van der Waals surface area contributed by atoms with Crippen molar-refractivity contribution >= 4 is 5.91 Å². The second-order valence-corrected chi connectivity index (χ2v) is 5.28. The van der Waals surface area contributed by atoms with E-state index >= 15 is 0 Å². The average molecular weight is 339 g/mol. The topological polar surface area (TPSA) is 100 Å². The molecule has 0 bridgehead atoms. The molecule has 7 heteroatoms. The first-order chi connectivity index (χ1) is 12.2. The number of primary amides is 1. The van der Waals surface area contributed by atoms with Crippen molar-refractivity contribution in [3.8, 4) is 11.5 Å². The highest BCUT2D eigenvalue weighted by atomic mass is 16.5. The Morgan fingerprint density at radius 3 is 2.36 bits per heavy atom. The summed E-state index contributed by atoms with van der Waals surface area (Å²) in [7, 11) is 0. The number of carbonyl (C=O) groups excluding carboxylic acids is 1. The van der Waals surface area contributed by atoms with Gasteiger partial charge >= 0.3 is 0 Å². The summed E-state index contributed by atoms with van der Waals surface area (Å²) in [4.78, 5) is 15.1. The van der Waals surface area contributed by atoms with Crippen LogP contribution in [0.5, 0.6) is 11.5 Å². The van der Waals surface area contributed by atoms with Crippen molar-refractivity contribution in [1.82, 2.24) is 10.1 Å². The van der Waals surface area contributed by atoms with Gasteiger partial charge in [-0.2, -0.15) is 4.98 Å². The summed E-state index contributed by atoms with van der Waals surface area (Å²) >= 11 is 0. The van der Waals surface area contributed by atoms with E-state index in [1.54, 1.807) is 24.3 Å². The molecule has 25 heavy (non-hydrogen) atoms. The summed E-state index contributed by atoms with van der Waals surface area (Å²) < 4.78 is 16.2. The lowest BCUT2D eigenvalue weighted by atomic mass is 10.1. The van der Waals surface area contributed by atoms with Crippen LogP contribution >= 0.6 is 0 Å². The number of carbonyl (C=O) groups is 1. The molecular formula is C18H17N3O4. The molecule has 1 heterocycles. The number of para-hydroxylation sites is 1. The van der Waals surface area contributed by atoms with Gasteiger partial charge in [0, 0.05) is 0 Å². The molecule has 7 nitrogen and oxygen atoms in total. The van der Waals surface area contributed by atoms with Crippen LogP contribution in [0, 0.1) is 0 Å². The lowest BCUT2D eigenvalue weighted by Gasteiger charge is -2.04. The molecule has 0 fully saturated rings. The Labute approximate surface area is 144 Å². The van der Waals surface area contributed by atoms with E-state index in [1.807, 2.05) is 30.3 Å². The van der Waals surface area contributed by atoms with E-state index in [0.29, 0.717) is 17.5 Å². The fourth-order valence-corrected chi connectivity index (χ4v) is 2.12. The Morgan fingerprint density at radius 2 is 1.64 bits per heavy atom. The summed E-state index contributed by atoms with van der Waals surface area (Å²) in [6.07, 6.45) is 0.203. The van der Waals surface area contributed by atoms with Crippen molar-refractivity contribution in [2.75, 3.05) is 0 Å². The highest BCUT2D eigenvalue weighted by molar-refractivity contribution is 5.76. The Bertz CT molecular complexity index is 816. The van der Waals surface area contributed by atoms with Gasteiger partial charge in [0.05, 0.1) is 6.42 Å². The van der Waals surface area contributed by atoms with Crippen LogP contribution in [-0.2, 0) is 24.4 Å². The third-order valence-corrected chi connectivity index (χ3v) is 3.29. The number of benzene rings is 2. The molecule has 1 amide bonds. The van der Waals surface area contributed by atoms with Crippen LogP contribution in [0.15, 0.2) is 59.1 Å². The van der Waals surface area contributed by atoms with Gasteiger partial charge in [0.2, 0.25) is 11.7 Å². The minimum Gasteiger partial charge on any atom is -0.485 e. The smallest absolute Gasteiger partial charge is 0.264 e. The minimum atomic E-state index is -0.371. The Hall–Kier alpha value is -3.35. The van der Waals surface area contributed by atoms with Crippen LogP contribution in [0.1, 0.15) is 17.3 Å². The third-order valence-electron chi connectivity index (χ3n) is 3.29. The number of hydrogen-bond donors (Lipinski definition) is 1. The van der Waals surface area contributed by atoms with Crippen LogP contribution in [0.4, 0.5) is 0 Å². The molecule has 0 saturated heterocycles. The predicted octanol–water partition coefficient (Wildman–Crippen LogP) is 2.26. The first-order valence-corrected chi connectivity index (χ1v) is 7.68. The molecule has 0 radical (unpaired) electrons. The Morgan fingerprint density at radius 1 is 0.960 bits per heavy atom. The van der Waals surface area contributed by atoms with E-state index < -0.39 is 0 Å². The van der Waals surface area contributed by atoms with Crippen molar-refractivity contribution in [3.05, 3.63) is 71.9 Å². The zero-order valence-electron chi connectivity index (χ0n) is 13.4. The van der Waals surface area contributed by atoms with Gasteiger partial charge in [0.15, 0.2) is 13.2 Å². The van der Waals surface area contributed by atoms with E-state index in [-0.39, 0.29) is 25.5 Å². The van der Waals surface area contributed by atoms with Crippen LogP contribution < -0.4 is 15.2 Å². The van der Waals surface area contributed by atoms with Gasteiger partial charge in [-0.15, -0.1) is 0 Å². The molecule has 128 valence electrons. The summed E-state index contributed by atoms with van der Waals surface area (Å²) in [5.41, 5.74) is 5.98. The fraction of sp³-hybridized carbons (Fsp3) is 0.167. The van der Waals surface area contributed by atoms with Crippen LogP contribution in [0.2, 0.25) is 0 Å². The Balaban J connectivity index is 1.49. The van der Waals surface area contributed by atoms with Crippen LogP contribution in [-0.4, -0.2) is 16.0 Å². The first-order valence-electron chi connectivity index (χ1n) is 7.68. The maximum absolute atomic E-state index is 10.9. The highest BCUT2D eigenvalue weighted by Gasteiger charge is 2.08. The summed E-state index contributed by atoms with van der Waals surface area (Å²) in [6.45, 7) is 0.364. The molecule has 0 aliphatic rings. The van der Waals surface area contributed by atoms with E-state index in [4.69, 9.17) is 19.7 Å². The van der Waals surface area contributed by atoms with Crippen molar-refractivity contribution < 1.29 is 18.8 Å². The normalized spacial score (nSPS) is 10.4. The molecular weight excluding hydrogens is 322 g/mol. The fourth-order valence-electron chi connectivity index (χ4n) is 2.12. The van der Waals surface area contributed by atoms with E-state index in [9.17, 15) is 4.79 Å². The van der Waals surface area contributed by atoms with Crippen LogP contribution in [0.25, 0.3) is 0 Å². The standard InChI is InChI=1S/C18H17N3O4/c19-16(22)10-13-6-8-15(9-7-13)24-12-18-20-17(21-25-18)11-23-14-4-2-1-3-5-14/h1-9H,10-12H2,(H2,19,22). The van der Waals surface area contributed by atoms with Crippen molar-refractivity contribution in [2.45, 2.75) is 19.6 Å². The van der Waals surface area contributed by atoms with Gasteiger partial charge in [0.1, 0.15) is 11.5 Å². The number of nitrogens with two attached hydrogens (primary N) is 1. The molecule has 0 aliphatic heterocycles. The van der Waals surface area contributed by atoms with Crippen molar-refractivity contribution in [3.63, 3.8) is 0 Å². The number of rotatable bonds is 8. The second-order valence-electron chi connectivity index (χ2n) is 5.28. The maximum atomic E-state index is 10.9. The second kappa shape index (κ2) is 7.96. The maximum Gasteiger partial charge on any atom is 0.264 e. The van der Waals surface area contributed by atoms with E-state index in [0.717, 1.165) is 11.3 Å². The molecule has 2 N–H and O–H groups in total. The third kappa shape index (κ3) is 5.07. The molecule has 3 rings (SSSR count). The SMILES string of the molecule is NC(=O)Cc1ccc(OCc2nc(COc3ccccc3)no2)cc1. The summed E-state index contributed by atoms with van der Waals surface area (Å²) in [5.74, 6) is 1.80. The molecule has 1 aromatic heterocycles. The van der Waals surface area contributed by atoms with Crippen molar-refractivity contribution in [2.24, 2.45) is 5.73 Å². The minimum absolute atomic E-state index is 0.146. The molecule has 0 atom stereocenters.